The number of ether oxygens (including phenoxy) is 1. The molecule has 3 rings (SSSR count). The van der Waals surface area contributed by atoms with Gasteiger partial charge in [-0.15, -0.1) is 0 Å². The normalized spacial score (nSPS) is 10.7. The molecule has 0 aliphatic rings. The van der Waals surface area contributed by atoms with E-state index < -0.39 is 0 Å². The third kappa shape index (κ3) is 2.44. The smallest absolute Gasteiger partial charge is 0.178 e. The maximum absolute atomic E-state index is 5.12. The number of aromatic nitrogens is 3. The van der Waals surface area contributed by atoms with Crippen LogP contribution in [0.5, 0.6) is 5.75 Å². The summed E-state index contributed by atoms with van der Waals surface area (Å²) in [6, 6.07) is 7.81. The van der Waals surface area contributed by atoms with Gasteiger partial charge in [0.2, 0.25) is 0 Å². The number of hydrogen-bond acceptors (Lipinski definition) is 6. The monoisotopic (exact) mass is 334 g/mol. The molecule has 0 unspecified atom stereocenters. The molecular weight excluding hydrogens is 324 g/mol. The average molecular weight is 335 g/mol. The van der Waals surface area contributed by atoms with Crippen molar-refractivity contribution in [2.24, 2.45) is 0 Å². The first kappa shape index (κ1) is 12.9. The second kappa shape index (κ2) is 5.46. The Labute approximate surface area is 123 Å². The number of anilines is 1. The second-order valence-electron chi connectivity index (χ2n) is 4.12. The lowest BCUT2D eigenvalue weighted by molar-refractivity contribution is 0.315. The highest BCUT2D eigenvalue weighted by Gasteiger charge is 2.11. The quantitative estimate of drug-likeness (QED) is 0.790. The van der Waals surface area contributed by atoms with E-state index in [1.165, 1.54) is 0 Å². The zero-order chi connectivity index (χ0) is 13.9. The lowest BCUT2D eigenvalue weighted by atomic mass is 10.2. The number of rotatable bonds is 4. The Morgan fingerprint density at radius 2 is 1.95 bits per heavy atom. The van der Waals surface area contributed by atoms with Crippen LogP contribution in [0.4, 0.5) is 5.82 Å². The van der Waals surface area contributed by atoms with Crippen LogP contribution in [0.3, 0.4) is 0 Å². The van der Waals surface area contributed by atoms with Crippen LogP contribution in [0.1, 0.15) is 5.56 Å². The van der Waals surface area contributed by atoms with Crippen molar-refractivity contribution in [2.45, 2.75) is 6.54 Å². The number of pyridine rings is 1. The molecule has 2 heterocycles. The fourth-order valence-electron chi connectivity index (χ4n) is 1.80. The van der Waals surface area contributed by atoms with E-state index in [1.807, 2.05) is 24.3 Å². The third-order valence-corrected chi connectivity index (χ3v) is 3.45. The molecular formula is C13H11BrN4O2. The van der Waals surface area contributed by atoms with Gasteiger partial charge in [0.05, 0.1) is 11.6 Å². The summed E-state index contributed by atoms with van der Waals surface area (Å²) in [7, 11) is 1.65. The molecule has 0 radical (unpaired) electrons. The third-order valence-electron chi connectivity index (χ3n) is 2.87. The summed E-state index contributed by atoms with van der Waals surface area (Å²) in [5, 5.41) is 10.9. The highest BCUT2D eigenvalue weighted by atomic mass is 79.9. The number of hydrogen-bond donors (Lipinski definition) is 1. The molecule has 0 saturated heterocycles. The van der Waals surface area contributed by atoms with Crippen molar-refractivity contribution in [1.82, 2.24) is 15.3 Å². The van der Waals surface area contributed by atoms with Crippen molar-refractivity contribution in [1.29, 1.82) is 0 Å². The largest absolute Gasteiger partial charge is 0.497 e. The summed E-state index contributed by atoms with van der Waals surface area (Å²) in [6.07, 6.45) is 1.67. The van der Waals surface area contributed by atoms with Crippen LogP contribution in [0.15, 0.2) is 39.6 Å². The topological polar surface area (TPSA) is 73.1 Å². The highest BCUT2D eigenvalue weighted by molar-refractivity contribution is 9.10. The minimum atomic E-state index is 0.605. The molecule has 0 bridgehead atoms. The first-order valence-electron chi connectivity index (χ1n) is 5.91. The minimum Gasteiger partial charge on any atom is -0.497 e. The van der Waals surface area contributed by atoms with Gasteiger partial charge in [0.15, 0.2) is 16.9 Å². The van der Waals surface area contributed by atoms with Crippen LogP contribution in [0.25, 0.3) is 11.0 Å². The molecule has 7 heteroatoms. The lowest BCUT2D eigenvalue weighted by Crippen LogP contribution is -2.02. The Morgan fingerprint density at radius 1 is 1.20 bits per heavy atom. The van der Waals surface area contributed by atoms with E-state index in [4.69, 9.17) is 9.37 Å². The first-order valence-corrected chi connectivity index (χ1v) is 6.71. The summed E-state index contributed by atoms with van der Waals surface area (Å²) in [5.74, 6) is 1.47. The fourth-order valence-corrected chi connectivity index (χ4v) is 2.17. The van der Waals surface area contributed by atoms with Crippen molar-refractivity contribution in [3.05, 3.63) is 40.5 Å². The Kier molecular flexibility index (Phi) is 3.51. The van der Waals surface area contributed by atoms with Crippen LogP contribution in [0.2, 0.25) is 0 Å². The first-order chi connectivity index (χ1) is 9.78. The maximum Gasteiger partial charge on any atom is 0.178 e. The zero-order valence-corrected chi connectivity index (χ0v) is 12.2. The van der Waals surface area contributed by atoms with Gasteiger partial charge in [-0.2, -0.15) is 0 Å². The number of nitrogens with one attached hydrogen (secondary N) is 1. The summed E-state index contributed by atoms with van der Waals surface area (Å²) in [4.78, 5) is 4.28. The molecule has 0 atom stereocenters. The standard InChI is InChI=1S/C13H11BrN4O2/c1-19-9-4-2-8(3-5-9)6-15-13-12-11(17-20-18-12)10(14)7-16-13/h2-5,7H,6H2,1H3,(H,15,16). The molecule has 1 N–H and O–H groups in total. The van der Waals surface area contributed by atoms with E-state index in [9.17, 15) is 0 Å². The molecule has 102 valence electrons. The van der Waals surface area contributed by atoms with E-state index in [1.54, 1.807) is 13.3 Å². The van der Waals surface area contributed by atoms with Crippen molar-refractivity contribution < 1.29 is 9.37 Å². The number of fused-ring (bicyclic) bond motifs is 1. The molecule has 0 fully saturated rings. The summed E-state index contributed by atoms with van der Waals surface area (Å²) in [5.41, 5.74) is 2.37. The Balaban J connectivity index is 1.79. The highest BCUT2D eigenvalue weighted by Crippen LogP contribution is 2.25. The molecule has 3 aromatic rings. The van der Waals surface area contributed by atoms with Gasteiger partial charge in [0.25, 0.3) is 0 Å². The molecule has 0 spiro atoms. The number of methoxy groups -OCH3 is 1. The van der Waals surface area contributed by atoms with Crippen molar-refractivity contribution in [3.63, 3.8) is 0 Å². The zero-order valence-electron chi connectivity index (χ0n) is 10.6. The van der Waals surface area contributed by atoms with E-state index >= 15 is 0 Å². The van der Waals surface area contributed by atoms with Crippen LogP contribution in [-0.4, -0.2) is 22.4 Å². The van der Waals surface area contributed by atoms with E-state index in [0.717, 1.165) is 15.8 Å². The van der Waals surface area contributed by atoms with E-state index in [-0.39, 0.29) is 0 Å². The molecule has 6 nitrogen and oxygen atoms in total. The van der Waals surface area contributed by atoms with Gasteiger partial charge in [0, 0.05) is 12.7 Å². The van der Waals surface area contributed by atoms with Gasteiger partial charge in [-0.3, -0.25) is 0 Å². The molecule has 0 saturated carbocycles. The molecule has 0 aliphatic carbocycles. The number of halogens is 1. The molecule has 0 aliphatic heterocycles. The summed E-state index contributed by atoms with van der Waals surface area (Å²) in [6.45, 7) is 0.626. The second-order valence-corrected chi connectivity index (χ2v) is 4.97. The minimum absolute atomic E-state index is 0.605. The molecule has 20 heavy (non-hydrogen) atoms. The Morgan fingerprint density at radius 3 is 2.70 bits per heavy atom. The molecule has 2 aromatic heterocycles. The Hall–Kier alpha value is -2.15. The van der Waals surface area contributed by atoms with Gasteiger partial charge < -0.3 is 10.1 Å². The van der Waals surface area contributed by atoms with Gasteiger partial charge in [-0.25, -0.2) is 9.61 Å². The van der Waals surface area contributed by atoms with Gasteiger partial charge >= 0.3 is 0 Å². The van der Waals surface area contributed by atoms with E-state index in [0.29, 0.717) is 23.4 Å². The predicted molar refractivity (Wildman–Crippen MR) is 77.6 cm³/mol. The van der Waals surface area contributed by atoms with Crippen molar-refractivity contribution in [3.8, 4) is 5.75 Å². The number of nitrogens with zero attached hydrogens (tertiary/aromatic N) is 3. The average Bonchev–Trinajstić information content (AvgIpc) is 2.98. The fraction of sp³-hybridized carbons (Fsp3) is 0.154. The van der Waals surface area contributed by atoms with Gasteiger partial charge in [-0.1, -0.05) is 12.1 Å². The van der Waals surface area contributed by atoms with E-state index in [2.05, 4.69) is 36.5 Å². The lowest BCUT2D eigenvalue weighted by Gasteiger charge is -2.06. The maximum atomic E-state index is 5.12. The van der Waals surface area contributed by atoms with Gasteiger partial charge in [0.1, 0.15) is 5.75 Å². The predicted octanol–water partition coefficient (Wildman–Crippen LogP) is 3.00. The molecule has 1 aromatic carbocycles. The van der Waals surface area contributed by atoms with Crippen LogP contribution >= 0.6 is 15.9 Å². The van der Waals surface area contributed by atoms with Crippen LogP contribution in [0, 0.1) is 0 Å². The van der Waals surface area contributed by atoms with Crippen molar-refractivity contribution >= 4 is 32.8 Å². The van der Waals surface area contributed by atoms with Crippen molar-refractivity contribution in [2.75, 3.05) is 12.4 Å². The SMILES string of the molecule is COc1ccc(CNc2ncc(Br)c3nonc23)cc1. The molecule has 0 amide bonds. The summed E-state index contributed by atoms with van der Waals surface area (Å²) >= 11 is 3.36. The van der Waals surface area contributed by atoms with Crippen LogP contribution in [-0.2, 0) is 6.54 Å². The van der Waals surface area contributed by atoms with Crippen LogP contribution < -0.4 is 10.1 Å². The van der Waals surface area contributed by atoms with Gasteiger partial charge in [-0.05, 0) is 43.9 Å². The number of benzene rings is 1. The Bertz CT molecular complexity index is 727. The summed E-state index contributed by atoms with van der Waals surface area (Å²) < 4.78 is 10.6.